The van der Waals surface area contributed by atoms with Crippen LogP contribution in [0.2, 0.25) is 0 Å². The van der Waals surface area contributed by atoms with Gasteiger partial charge < -0.3 is 4.42 Å². The summed E-state index contributed by atoms with van der Waals surface area (Å²) in [6, 6.07) is 12.1. The number of aromatic nitrogens is 3. The van der Waals surface area contributed by atoms with Gasteiger partial charge in [0.25, 0.3) is 5.22 Å². The van der Waals surface area contributed by atoms with E-state index in [2.05, 4.69) is 35.1 Å². The summed E-state index contributed by atoms with van der Waals surface area (Å²) >= 11 is 1.49. The van der Waals surface area contributed by atoms with Crippen LogP contribution in [0, 0.1) is 13.8 Å². The minimum Gasteiger partial charge on any atom is -0.411 e. The highest BCUT2D eigenvalue weighted by atomic mass is 32.2. The molecule has 0 bridgehead atoms. The van der Waals surface area contributed by atoms with Crippen molar-refractivity contribution < 1.29 is 4.42 Å². The molecule has 0 N–H and O–H groups in total. The smallest absolute Gasteiger partial charge is 0.277 e. The standard InChI is InChI=1S/C16H15N3OS/c1-11-7-12(2)9-13(8-11)15-18-19-16(20-15)21-10-14-5-3-4-6-17-14/h3-9H,10H2,1-2H3. The number of aryl methyl sites for hydroxylation is 2. The van der Waals surface area contributed by atoms with Crippen LogP contribution in [-0.2, 0) is 5.75 Å². The van der Waals surface area contributed by atoms with E-state index >= 15 is 0 Å². The Hall–Kier alpha value is -2.14. The maximum atomic E-state index is 5.71. The predicted octanol–water partition coefficient (Wildman–Crippen LogP) is 4.04. The van der Waals surface area contributed by atoms with Crippen molar-refractivity contribution in [3.8, 4) is 11.5 Å². The molecule has 4 nitrogen and oxygen atoms in total. The van der Waals surface area contributed by atoms with Crippen molar-refractivity contribution in [3.05, 3.63) is 59.4 Å². The van der Waals surface area contributed by atoms with Gasteiger partial charge in [-0.3, -0.25) is 4.98 Å². The van der Waals surface area contributed by atoms with Crippen LogP contribution in [0.4, 0.5) is 0 Å². The number of nitrogens with zero attached hydrogens (tertiary/aromatic N) is 3. The van der Waals surface area contributed by atoms with E-state index in [1.807, 2.05) is 30.3 Å². The van der Waals surface area contributed by atoms with E-state index in [1.54, 1.807) is 6.20 Å². The minimum atomic E-state index is 0.560. The fraction of sp³-hybridized carbons (Fsp3) is 0.188. The Morgan fingerprint density at radius 1 is 1.05 bits per heavy atom. The molecule has 1 aromatic carbocycles. The van der Waals surface area contributed by atoms with Crippen molar-refractivity contribution in [2.45, 2.75) is 24.8 Å². The Labute approximate surface area is 127 Å². The van der Waals surface area contributed by atoms with Gasteiger partial charge in [-0.15, -0.1) is 10.2 Å². The predicted molar refractivity (Wildman–Crippen MR) is 83.0 cm³/mol. The van der Waals surface area contributed by atoms with Crippen LogP contribution in [0.25, 0.3) is 11.5 Å². The monoisotopic (exact) mass is 297 g/mol. The molecule has 0 spiro atoms. The summed E-state index contributed by atoms with van der Waals surface area (Å²) in [5.74, 6) is 1.28. The van der Waals surface area contributed by atoms with E-state index in [0.717, 1.165) is 17.0 Å². The normalized spacial score (nSPS) is 10.8. The summed E-state index contributed by atoms with van der Waals surface area (Å²) in [5.41, 5.74) is 4.33. The highest BCUT2D eigenvalue weighted by Gasteiger charge is 2.10. The molecule has 0 unspecified atom stereocenters. The number of pyridine rings is 1. The third kappa shape index (κ3) is 3.49. The molecular formula is C16H15N3OS. The third-order valence-corrected chi connectivity index (χ3v) is 3.80. The number of hydrogen-bond acceptors (Lipinski definition) is 5. The molecule has 3 rings (SSSR count). The molecule has 106 valence electrons. The Morgan fingerprint density at radius 2 is 1.86 bits per heavy atom. The SMILES string of the molecule is Cc1cc(C)cc(-c2nnc(SCc3ccccn3)o2)c1. The Kier molecular flexibility index (Phi) is 4.01. The van der Waals surface area contributed by atoms with E-state index in [-0.39, 0.29) is 0 Å². The first-order valence-electron chi connectivity index (χ1n) is 6.65. The van der Waals surface area contributed by atoms with Crippen LogP contribution in [0.1, 0.15) is 16.8 Å². The molecule has 0 aliphatic carbocycles. The summed E-state index contributed by atoms with van der Waals surface area (Å²) in [6.45, 7) is 4.12. The van der Waals surface area contributed by atoms with E-state index in [0.29, 0.717) is 11.1 Å². The second-order valence-electron chi connectivity index (χ2n) is 4.86. The van der Waals surface area contributed by atoms with Crippen LogP contribution in [0.3, 0.4) is 0 Å². The average molecular weight is 297 g/mol. The molecule has 0 aliphatic rings. The van der Waals surface area contributed by atoms with Crippen molar-refractivity contribution in [1.29, 1.82) is 0 Å². The zero-order valence-corrected chi connectivity index (χ0v) is 12.7. The van der Waals surface area contributed by atoms with Gasteiger partial charge in [-0.1, -0.05) is 35.0 Å². The van der Waals surface area contributed by atoms with E-state index in [4.69, 9.17) is 4.42 Å². The second-order valence-corrected chi connectivity index (χ2v) is 5.79. The number of hydrogen-bond donors (Lipinski definition) is 0. The summed E-state index contributed by atoms with van der Waals surface area (Å²) in [7, 11) is 0. The molecule has 0 atom stereocenters. The lowest BCUT2D eigenvalue weighted by atomic mass is 10.1. The molecule has 0 aliphatic heterocycles. The molecule has 0 radical (unpaired) electrons. The van der Waals surface area contributed by atoms with E-state index in [1.165, 1.54) is 22.9 Å². The highest BCUT2D eigenvalue weighted by Crippen LogP contribution is 2.26. The van der Waals surface area contributed by atoms with E-state index < -0.39 is 0 Å². The van der Waals surface area contributed by atoms with Gasteiger partial charge in [-0.2, -0.15) is 0 Å². The second kappa shape index (κ2) is 6.10. The molecule has 2 aromatic heterocycles. The lowest BCUT2D eigenvalue weighted by Gasteiger charge is -2.00. The molecule has 21 heavy (non-hydrogen) atoms. The molecule has 0 amide bonds. The summed E-state index contributed by atoms with van der Waals surface area (Å²) in [6.07, 6.45) is 1.78. The quantitative estimate of drug-likeness (QED) is 0.680. The minimum absolute atomic E-state index is 0.560. The zero-order valence-electron chi connectivity index (χ0n) is 11.9. The largest absolute Gasteiger partial charge is 0.411 e. The van der Waals surface area contributed by atoms with Gasteiger partial charge in [0.1, 0.15) is 0 Å². The van der Waals surface area contributed by atoms with Crippen LogP contribution in [0.15, 0.2) is 52.2 Å². The first-order valence-corrected chi connectivity index (χ1v) is 7.64. The Bertz CT molecular complexity index is 720. The van der Waals surface area contributed by atoms with Gasteiger partial charge in [0, 0.05) is 17.5 Å². The van der Waals surface area contributed by atoms with Crippen LogP contribution < -0.4 is 0 Å². The van der Waals surface area contributed by atoms with Crippen LogP contribution in [0.5, 0.6) is 0 Å². The first-order chi connectivity index (χ1) is 10.2. The Balaban J connectivity index is 1.74. The molecule has 3 aromatic rings. The molecule has 0 fully saturated rings. The summed E-state index contributed by atoms with van der Waals surface area (Å²) in [5, 5.41) is 8.77. The van der Waals surface area contributed by atoms with Gasteiger partial charge in [0.15, 0.2) is 0 Å². The number of rotatable bonds is 4. The lowest BCUT2D eigenvalue weighted by molar-refractivity contribution is 0.465. The Morgan fingerprint density at radius 3 is 2.57 bits per heavy atom. The number of thioether (sulfide) groups is 1. The molecule has 5 heteroatoms. The van der Waals surface area contributed by atoms with Gasteiger partial charge in [-0.25, -0.2) is 0 Å². The molecule has 0 saturated heterocycles. The molecule has 0 saturated carbocycles. The van der Waals surface area contributed by atoms with Crippen LogP contribution >= 0.6 is 11.8 Å². The highest BCUT2D eigenvalue weighted by molar-refractivity contribution is 7.98. The van der Waals surface area contributed by atoms with E-state index in [9.17, 15) is 0 Å². The van der Waals surface area contributed by atoms with Crippen molar-refractivity contribution in [2.24, 2.45) is 0 Å². The maximum Gasteiger partial charge on any atom is 0.277 e. The molecule has 2 heterocycles. The first kappa shape index (κ1) is 13.8. The lowest BCUT2D eigenvalue weighted by Crippen LogP contribution is -1.84. The fourth-order valence-corrected chi connectivity index (χ4v) is 2.78. The van der Waals surface area contributed by atoms with Gasteiger partial charge >= 0.3 is 0 Å². The van der Waals surface area contributed by atoms with Crippen molar-refractivity contribution >= 4 is 11.8 Å². The average Bonchev–Trinajstić information content (AvgIpc) is 2.94. The van der Waals surface area contributed by atoms with Crippen molar-refractivity contribution in [1.82, 2.24) is 15.2 Å². The molecular weight excluding hydrogens is 282 g/mol. The maximum absolute atomic E-state index is 5.71. The summed E-state index contributed by atoms with van der Waals surface area (Å²) < 4.78 is 5.71. The van der Waals surface area contributed by atoms with Crippen molar-refractivity contribution in [2.75, 3.05) is 0 Å². The summed E-state index contributed by atoms with van der Waals surface area (Å²) in [4.78, 5) is 4.27. The van der Waals surface area contributed by atoms with Gasteiger partial charge in [-0.05, 0) is 38.1 Å². The van der Waals surface area contributed by atoms with Gasteiger partial charge in [0.05, 0.1) is 5.69 Å². The van der Waals surface area contributed by atoms with Crippen LogP contribution in [-0.4, -0.2) is 15.2 Å². The number of benzene rings is 1. The topological polar surface area (TPSA) is 51.8 Å². The fourth-order valence-electron chi connectivity index (χ4n) is 2.10. The van der Waals surface area contributed by atoms with Gasteiger partial charge in [0.2, 0.25) is 5.89 Å². The van der Waals surface area contributed by atoms with Crippen molar-refractivity contribution in [3.63, 3.8) is 0 Å². The zero-order chi connectivity index (χ0) is 14.7. The third-order valence-electron chi connectivity index (χ3n) is 2.94.